The fourth-order valence-corrected chi connectivity index (χ4v) is 6.86. The SMILES string of the molecule is CC1CCCCN1C(=O)C1CCCN(c2cccc3c2C(=O)N(Cc2nc4ccccc4s2)C3=O)C1. The smallest absolute Gasteiger partial charge is 0.264 e. The van der Waals surface area contributed by atoms with Crippen molar-refractivity contribution < 1.29 is 14.4 Å². The highest BCUT2D eigenvalue weighted by Crippen LogP contribution is 2.36. The summed E-state index contributed by atoms with van der Waals surface area (Å²) in [4.78, 5) is 50.4. The number of aromatic nitrogens is 1. The number of carbonyl (C=O) groups excluding carboxylic acids is 3. The number of hydrogen-bond donors (Lipinski definition) is 0. The van der Waals surface area contributed by atoms with Crippen LogP contribution in [0.4, 0.5) is 5.69 Å². The molecule has 3 aliphatic rings. The molecule has 2 aromatic carbocycles. The topological polar surface area (TPSA) is 73.8 Å². The van der Waals surface area contributed by atoms with Gasteiger partial charge in [-0.25, -0.2) is 4.98 Å². The second kappa shape index (κ2) is 9.32. The molecule has 3 aliphatic heterocycles. The van der Waals surface area contributed by atoms with E-state index in [-0.39, 0.29) is 36.2 Å². The summed E-state index contributed by atoms with van der Waals surface area (Å²) in [6.07, 6.45) is 5.07. The molecular weight excluding hydrogens is 472 g/mol. The van der Waals surface area contributed by atoms with Gasteiger partial charge in [-0.15, -0.1) is 11.3 Å². The number of hydrogen-bond acceptors (Lipinski definition) is 6. The monoisotopic (exact) mass is 502 g/mol. The summed E-state index contributed by atoms with van der Waals surface area (Å²) < 4.78 is 1.04. The highest BCUT2D eigenvalue weighted by molar-refractivity contribution is 7.18. The van der Waals surface area contributed by atoms with Crippen molar-refractivity contribution in [1.29, 1.82) is 0 Å². The Morgan fingerprint density at radius 1 is 1.00 bits per heavy atom. The van der Waals surface area contributed by atoms with Crippen LogP contribution < -0.4 is 4.90 Å². The van der Waals surface area contributed by atoms with Crippen molar-refractivity contribution in [2.45, 2.75) is 51.6 Å². The van der Waals surface area contributed by atoms with Crippen LogP contribution in [-0.4, -0.2) is 58.2 Å². The number of imide groups is 1. The first-order valence-electron chi connectivity index (χ1n) is 12.9. The number of rotatable bonds is 4. The number of likely N-dealkylation sites (tertiary alicyclic amines) is 1. The quantitative estimate of drug-likeness (QED) is 0.483. The Bertz CT molecular complexity index is 1320. The lowest BCUT2D eigenvalue weighted by molar-refractivity contribution is -0.139. The molecule has 0 aliphatic carbocycles. The average molecular weight is 503 g/mol. The van der Waals surface area contributed by atoms with Crippen molar-refractivity contribution in [2.75, 3.05) is 24.5 Å². The molecule has 2 fully saturated rings. The zero-order chi connectivity index (χ0) is 24.8. The standard InChI is InChI=1S/C28H30N4O3S/c1-18-8-4-5-15-31(18)26(33)19-9-7-14-30(16-19)22-12-6-10-20-25(22)28(35)32(27(20)34)17-24-29-21-11-2-3-13-23(21)36-24/h2-3,6,10-13,18-19H,4-5,7-9,14-17H2,1H3. The summed E-state index contributed by atoms with van der Waals surface area (Å²) in [5.41, 5.74) is 2.54. The molecule has 8 heteroatoms. The third-order valence-electron chi connectivity index (χ3n) is 7.81. The minimum Gasteiger partial charge on any atom is -0.370 e. The van der Waals surface area contributed by atoms with Crippen LogP contribution >= 0.6 is 11.3 Å². The number of amides is 3. The van der Waals surface area contributed by atoms with E-state index in [9.17, 15) is 14.4 Å². The summed E-state index contributed by atoms with van der Waals surface area (Å²) in [5.74, 6) is -0.397. The Hall–Kier alpha value is -3.26. The average Bonchev–Trinajstić information content (AvgIpc) is 3.43. The molecule has 0 N–H and O–H groups in total. The van der Waals surface area contributed by atoms with Crippen molar-refractivity contribution in [2.24, 2.45) is 5.92 Å². The predicted octanol–water partition coefficient (Wildman–Crippen LogP) is 4.71. The Morgan fingerprint density at radius 2 is 1.86 bits per heavy atom. The van der Waals surface area contributed by atoms with Crippen LogP contribution in [0.3, 0.4) is 0 Å². The van der Waals surface area contributed by atoms with E-state index in [1.807, 2.05) is 36.4 Å². The zero-order valence-electron chi connectivity index (χ0n) is 20.5. The fourth-order valence-electron chi connectivity index (χ4n) is 5.90. The van der Waals surface area contributed by atoms with Gasteiger partial charge in [0.05, 0.1) is 39.5 Å². The molecule has 1 aromatic heterocycles. The van der Waals surface area contributed by atoms with Crippen molar-refractivity contribution in [3.05, 3.63) is 58.6 Å². The molecule has 7 nitrogen and oxygen atoms in total. The van der Waals surface area contributed by atoms with Gasteiger partial charge in [0.15, 0.2) is 0 Å². The predicted molar refractivity (Wildman–Crippen MR) is 140 cm³/mol. The van der Waals surface area contributed by atoms with E-state index >= 15 is 0 Å². The number of nitrogens with zero attached hydrogens (tertiary/aromatic N) is 4. The third kappa shape index (κ3) is 3.97. The first kappa shape index (κ1) is 23.2. The number of carbonyl (C=O) groups is 3. The maximum absolute atomic E-state index is 13.6. The second-order valence-electron chi connectivity index (χ2n) is 10.1. The van der Waals surface area contributed by atoms with Gasteiger partial charge in [-0.2, -0.15) is 0 Å². The van der Waals surface area contributed by atoms with E-state index in [0.717, 1.165) is 59.7 Å². The lowest BCUT2D eigenvalue weighted by atomic mass is 9.93. The Kier molecular flexibility index (Phi) is 5.99. The Balaban J connectivity index is 1.24. The number of thiazole rings is 1. The maximum atomic E-state index is 13.6. The molecule has 6 rings (SSSR count). The van der Waals surface area contributed by atoms with Gasteiger partial charge in [0.25, 0.3) is 11.8 Å². The normalized spacial score (nSPS) is 22.4. The number of fused-ring (bicyclic) bond motifs is 2. The molecule has 0 spiro atoms. The van der Waals surface area contributed by atoms with Crippen molar-refractivity contribution >= 4 is 45.0 Å². The molecule has 0 bridgehead atoms. The maximum Gasteiger partial charge on any atom is 0.264 e. The van der Waals surface area contributed by atoms with Gasteiger partial charge in [0.1, 0.15) is 5.01 Å². The first-order valence-corrected chi connectivity index (χ1v) is 13.7. The van der Waals surface area contributed by atoms with Crippen molar-refractivity contribution in [3.63, 3.8) is 0 Å². The summed E-state index contributed by atoms with van der Waals surface area (Å²) in [6, 6.07) is 13.6. The van der Waals surface area contributed by atoms with Gasteiger partial charge in [0, 0.05) is 25.7 Å². The molecule has 186 valence electrons. The highest BCUT2D eigenvalue weighted by atomic mass is 32.1. The molecule has 0 radical (unpaired) electrons. The molecule has 2 unspecified atom stereocenters. The van der Waals surface area contributed by atoms with Gasteiger partial charge < -0.3 is 9.80 Å². The molecule has 0 saturated carbocycles. The van der Waals surface area contributed by atoms with Crippen LogP contribution in [0.2, 0.25) is 0 Å². The Morgan fingerprint density at radius 3 is 2.69 bits per heavy atom. The van der Waals surface area contributed by atoms with Crippen molar-refractivity contribution in [1.82, 2.24) is 14.8 Å². The van der Waals surface area contributed by atoms with Gasteiger partial charge in [-0.1, -0.05) is 18.2 Å². The highest BCUT2D eigenvalue weighted by Gasteiger charge is 2.40. The number of anilines is 1. The van der Waals surface area contributed by atoms with E-state index in [4.69, 9.17) is 0 Å². The van der Waals surface area contributed by atoms with Crippen LogP contribution in [0.25, 0.3) is 10.2 Å². The number of piperidine rings is 2. The summed E-state index contributed by atoms with van der Waals surface area (Å²) >= 11 is 1.51. The van der Waals surface area contributed by atoms with E-state index < -0.39 is 0 Å². The molecule has 4 heterocycles. The van der Waals surface area contributed by atoms with Crippen LogP contribution in [-0.2, 0) is 11.3 Å². The van der Waals surface area contributed by atoms with E-state index in [2.05, 4.69) is 21.7 Å². The molecule has 3 aromatic rings. The molecule has 2 atom stereocenters. The van der Waals surface area contributed by atoms with Crippen LogP contribution in [0.5, 0.6) is 0 Å². The van der Waals surface area contributed by atoms with E-state index in [1.54, 1.807) is 6.07 Å². The van der Waals surface area contributed by atoms with Gasteiger partial charge in [-0.05, 0) is 63.3 Å². The molecule has 36 heavy (non-hydrogen) atoms. The largest absolute Gasteiger partial charge is 0.370 e. The minimum atomic E-state index is -0.275. The summed E-state index contributed by atoms with van der Waals surface area (Å²) in [5, 5.41) is 0.742. The number of benzene rings is 2. The second-order valence-corrected chi connectivity index (χ2v) is 11.2. The molecular formula is C28H30N4O3S. The Labute approximate surface area is 214 Å². The summed E-state index contributed by atoms with van der Waals surface area (Å²) in [7, 11) is 0. The van der Waals surface area contributed by atoms with Gasteiger partial charge in [0.2, 0.25) is 5.91 Å². The van der Waals surface area contributed by atoms with E-state index in [1.165, 1.54) is 22.7 Å². The lowest BCUT2D eigenvalue weighted by Gasteiger charge is -2.40. The minimum absolute atomic E-state index is 0.0822. The van der Waals surface area contributed by atoms with Crippen LogP contribution in [0, 0.1) is 5.92 Å². The lowest BCUT2D eigenvalue weighted by Crippen LogP contribution is -2.49. The van der Waals surface area contributed by atoms with Crippen molar-refractivity contribution in [3.8, 4) is 0 Å². The fraction of sp³-hybridized carbons (Fsp3) is 0.429. The number of para-hydroxylation sites is 1. The summed E-state index contributed by atoms with van der Waals surface area (Å²) in [6.45, 7) is 4.50. The van der Waals surface area contributed by atoms with Gasteiger partial charge in [-0.3, -0.25) is 19.3 Å². The third-order valence-corrected chi connectivity index (χ3v) is 8.83. The first-order chi connectivity index (χ1) is 17.5. The molecule has 3 amide bonds. The van der Waals surface area contributed by atoms with E-state index in [0.29, 0.717) is 17.7 Å². The molecule has 2 saturated heterocycles. The van der Waals surface area contributed by atoms with Crippen LogP contribution in [0.1, 0.15) is 64.8 Å². The van der Waals surface area contributed by atoms with Gasteiger partial charge >= 0.3 is 0 Å². The zero-order valence-corrected chi connectivity index (χ0v) is 21.3. The van der Waals surface area contributed by atoms with Crippen LogP contribution in [0.15, 0.2) is 42.5 Å².